The molecule has 0 bridgehead atoms. The van der Waals surface area contributed by atoms with Crippen LogP contribution in [0.5, 0.6) is 0 Å². The van der Waals surface area contributed by atoms with Crippen molar-refractivity contribution in [2.75, 3.05) is 13.2 Å². The van der Waals surface area contributed by atoms with Crippen LogP contribution in [0.2, 0.25) is 0 Å². The number of rotatable bonds is 9. The second kappa shape index (κ2) is 9.42. The first-order chi connectivity index (χ1) is 9.95. The molecule has 4 unspecified atom stereocenters. The summed E-state index contributed by atoms with van der Waals surface area (Å²) in [5, 5.41) is 3.19. The minimum absolute atomic E-state index is 0.261. The van der Waals surface area contributed by atoms with Crippen molar-refractivity contribution in [3.8, 4) is 0 Å². The summed E-state index contributed by atoms with van der Waals surface area (Å²) in [5.41, 5.74) is 5.44. The molecule has 1 saturated carbocycles. The van der Waals surface area contributed by atoms with E-state index >= 15 is 0 Å². The molecule has 0 heterocycles. The molecule has 1 aliphatic carbocycles. The molecule has 3 N–H and O–H groups in total. The highest BCUT2D eigenvalue weighted by molar-refractivity contribution is 5.79. The van der Waals surface area contributed by atoms with Gasteiger partial charge in [0.2, 0.25) is 5.91 Å². The maximum absolute atomic E-state index is 11.4. The molecule has 0 aromatic heterocycles. The van der Waals surface area contributed by atoms with E-state index in [2.05, 4.69) is 33.0 Å². The minimum Gasteiger partial charge on any atom is -0.378 e. The number of nitrogens with one attached hydrogen (secondary N) is 1. The van der Waals surface area contributed by atoms with Crippen molar-refractivity contribution in [1.29, 1.82) is 0 Å². The number of nitrogens with two attached hydrogens (primary N) is 1. The van der Waals surface area contributed by atoms with Crippen LogP contribution in [0, 0.1) is 17.8 Å². The molecule has 4 nitrogen and oxygen atoms in total. The SMILES string of the molecule is CCCNC(CCOC1CC(C)CCC1C(C)C)C(N)=O. The summed E-state index contributed by atoms with van der Waals surface area (Å²) in [4.78, 5) is 11.4. The lowest BCUT2D eigenvalue weighted by Crippen LogP contribution is -2.43. The molecular weight excluding hydrogens is 264 g/mol. The predicted molar refractivity (Wildman–Crippen MR) is 87.0 cm³/mol. The van der Waals surface area contributed by atoms with Crippen LogP contribution in [0.15, 0.2) is 0 Å². The molecule has 0 aliphatic heterocycles. The van der Waals surface area contributed by atoms with Gasteiger partial charge in [-0.2, -0.15) is 0 Å². The van der Waals surface area contributed by atoms with Crippen molar-refractivity contribution in [3.05, 3.63) is 0 Å². The van der Waals surface area contributed by atoms with Gasteiger partial charge in [-0.15, -0.1) is 0 Å². The van der Waals surface area contributed by atoms with Gasteiger partial charge < -0.3 is 15.8 Å². The average Bonchev–Trinajstić information content (AvgIpc) is 2.41. The van der Waals surface area contributed by atoms with Gasteiger partial charge in [0.05, 0.1) is 12.1 Å². The number of amides is 1. The smallest absolute Gasteiger partial charge is 0.234 e. The molecule has 1 rings (SSSR count). The summed E-state index contributed by atoms with van der Waals surface area (Å²) in [6.45, 7) is 10.4. The van der Waals surface area contributed by atoms with E-state index < -0.39 is 0 Å². The van der Waals surface area contributed by atoms with Gasteiger partial charge >= 0.3 is 0 Å². The lowest BCUT2D eigenvalue weighted by Gasteiger charge is -2.37. The molecule has 4 atom stereocenters. The fourth-order valence-electron chi connectivity index (χ4n) is 3.31. The maximum atomic E-state index is 11.4. The van der Waals surface area contributed by atoms with Gasteiger partial charge in [0.1, 0.15) is 0 Å². The maximum Gasteiger partial charge on any atom is 0.234 e. The number of primary amides is 1. The first kappa shape index (κ1) is 18.4. The summed E-state index contributed by atoms with van der Waals surface area (Å²) in [6, 6.07) is -0.261. The van der Waals surface area contributed by atoms with Crippen molar-refractivity contribution >= 4 is 5.91 Å². The Morgan fingerprint density at radius 1 is 1.38 bits per heavy atom. The summed E-state index contributed by atoms with van der Waals surface area (Å²) < 4.78 is 6.14. The Labute approximate surface area is 130 Å². The summed E-state index contributed by atoms with van der Waals surface area (Å²) in [7, 11) is 0. The highest BCUT2D eigenvalue weighted by atomic mass is 16.5. The van der Waals surface area contributed by atoms with Crippen LogP contribution in [-0.2, 0) is 9.53 Å². The molecule has 1 amide bonds. The molecule has 124 valence electrons. The van der Waals surface area contributed by atoms with Crippen molar-refractivity contribution < 1.29 is 9.53 Å². The van der Waals surface area contributed by atoms with Gasteiger partial charge in [-0.1, -0.05) is 34.1 Å². The third-order valence-corrected chi connectivity index (χ3v) is 4.68. The van der Waals surface area contributed by atoms with Gasteiger partial charge in [0.25, 0.3) is 0 Å². The Bertz CT molecular complexity index is 307. The Morgan fingerprint density at radius 3 is 2.67 bits per heavy atom. The largest absolute Gasteiger partial charge is 0.378 e. The van der Waals surface area contributed by atoms with E-state index in [-0.39, 0.29) is 11.9 Å². The van der Waals surface area contributed by atoms with Gasteiger partial charge in [-0.25, -0.2) is 0 Å². The number of hydrogen-bond acceptors (Lipinski definition) is 3. The zero-order valence-electron chi connectivity index (χ0n) is 14.2. The lowest BCUT2D eigenvalue weighted by molar-refractivity contribution is -0.121. The third-order valence-electron chi connectivity index (χ3n) is 4.68. The van der Waals surface area contributed by atoms with Crippen LogP contribution in [0.25, 0.3) is 0 Å². The molecule has 0 aromatic carbocycles. The Kier molecular flexibility index (Phi) is 8.27. The van der Waals surface area contributed by atoms with Crippen LogP contribution in [-0.4, -0.2) is 31.2 Å². The number of hydrogen-bond donors (Lipinski definition) is 2. The molecule has 21 heavy (non-hydrogen) atoms. The van der Waals surface area contributed by atoms with E-state index in [1.54, 1.807) is 0 Å². The van der Waals surface area contributed by atoms with E-state index in [0.29, 0.717) is 31.0 Å². The fraction of sp³-hybridized carbons (Fsp3) is 0.941. The first-order valence-electron chi connectivity index (χ1n) is 8.60. The van der Waals surface area contributed by atoms with Gasteiger partial charge in [0, 0.05) is 6.61 Å². The molecule has 0 spiro atoms. The molecule has 0 aromatic rings. The normalized spacial score (nSPS) is 27.8. The van der Waals surface area contributed by atoms with Crippen molar-refractivity contribution in [2.45, 2.75) is 71.9 Å². The second-order valence-corrected chi connectivity index (χ2v) is 6.93. The van der Waals surface area contributed by atoms with Crippen LogP contribution >= 0.6 is 0 Å². The third kappa shape index (κ3) is 6.35. The molecular formula is C17H34N2O2. The summed E-state index contributed by atoms with van der Waals surface area (Å²) >= 11 is 0. The zero-order chi connectivity index (χ0) is 15.8. The highest BCUT2D eigenvalue weighted by Crippen LogP contribution is 2.35. The summed E-state index contributed by atoms with van der Waals surface area (Å²) in [6.07, 6.45) is 5.73. The molecule has 1 aliphatic rings. The number of carbonyl (C=O) groups excluding carboxylic acids is 1. The van der Waals surface area contributed by atoms with E-state index in [0.717, 1.165) is 25.3 Å². The summed E-state index contributed by atoms with van der Waals surface area (Å²) in [5.74, 6) is 1.78. The van der Waals surface area contributed by atoms with Gasteiger partial charge in [-0.3, -0.25) is 4.79 Å². The van der Waals surface area contributed by atoms with Crippen LogP contribution < -0.4 is 11.1 Å². The van der Waals surface area contributed by atoms with Crippen molar-refractivity contribution in [3.63, 3.8) is 0 Å². The number of ether oxygens (including phenoxy) is 1. The molecule has 4 heteroatoms. The van der Waals surface area contributed by atoms with E-state index in [1.165, 1.54) is 12.8 Å². The number of carbonyl (C=O) groups is 1. The fourth-order valence-corrected chi connectivity index (χ4v) is 3.31. The van der Waals surface area contributed by atoms with Gasteiger partial charge in [0.15, 0.2) is 0 Å². The average molecular weight is 298 g/mol. The highest BCUT2D eigenvalue weighted by Gasteiger charge is 2.31. The van der Waals surface area contributed by atoms with Crippen molar-refractivity contribution in [1.82, 2.24) is 5.32 Å². The lowest BCUT2D eigenvalue weighted by atomic mass is 9.75. The minimum atomic E-state index is -0.274. The van der Waals surface area contributed by atoms with E-state index in [9.17, 15) is 4.79 Å². The molecule has 1 fully saturated rings. The van der Waals surface area contributed by atoms with Crippen LogP contribution in [0.1, 0.15) is 59.8 Å². The van der Waals surface area contributed by atoms with E-state index in [4.69, 9.17) is 10.5 Å². The van der Waals surface area contributed by atoms with Gasteiger partial charge in [-0.05, 0) is 50.0 Å². The monoisotopic (exact) mass is 298 g/mol. The Hall–Kier alpha value is -0.610. The van der Waals surface area contributed by atoms with E-state index in [1.807, 2.05) is 0 Å². The Morgan fingerprint density at radius 2 is 2.10 bits per heavy atom. The Balaban J connectivity index is 2.41. The van der Waals surface area contributed by atoms with Crippen LogP contribution in [0.3, 0.4) is 0 Å². The second-order valence-electron chi connectivity index (χ2n) is 6.93. The molecule has 0 radical (unpaired) electrons. The predicted octanol–water partition coefficient (Wildman–Crippen LogP) is 2.71. The zero-order valence-corrected chi connectivity index (χ0v) is 14.2. The standard InChI is InChI=1S/C17H34N2O2/c1-5-9-19-15(17(18)20)8-10-21-16-11-13(4)6-7-14(16)12(2)3/h12-16,19H,5-11H2,1-4H3,(H2,18,20). The topological polar surface area (TPSA) is 64.3 Å². The first-order valence-corrected chi connectivity index (χ1v) is 8.60. The quantitative estimate of drug-likeness (QED) is 0.688. The van der Waals surface area contributed by atoms with Crippen LogP contribution in [0.4, 0.5) is 0 Å². The molecule has 0 saturated heterocycles. The van der Waals surface area contributed by atoms with Crippen molar-refractivity contribution in [2.24, 2.45) is 23.5 Å².